The van der Waals surface area contributed by atoms with Crippen LogP contribution in [-0.4, -0.2) is 25.5 Å². The van der Waals surface area contributed by atoms with Crippen LogP contribution in [0.25, 0.3) is 0 Å². The van der Waals surface area contributed by atoms with E-state index in [-0.39, 0.29) is 5.91 Å². The van der Waals surface area contributed by atoms with Crippen LogP contribution in [0, 0.1) is 12.3 Å². The fourth-order valence-corrected chi connectivity index (χ4v) is 2.26. The molecule has 0 bridgehead atoms. The minimum atomic E-state index is -1.19. The van der Waals surface area contributed by atoms with Crippen LogP contribution < -0.4 is 15.4 Å². The first-order valence-corrected chi connectivity index (χ1v) is 8.55. The van der Waals surface area contributed by atoms with Crippen molar-refractivity contribution in [1.82, 2.24) is 5.32 Å². The Kier molecular flexibility index (Phi) is 7.55. The van der Waals surface area contributed by atoms with E-state index in [1.165, 1.54) is 7.11 Å². The first-order valence-electron chi connectivity index (χ1n) is 8.17. The molecule has 2 N–H and O–H groups in total. The van der Waals surface area contributed by atoms with E-state index >= 15 is 0 Å². The number of methoxy groups -OCH3 is 1. The van der Waals surface area contributed by atoms with Crippen LogP contribution >= 0.6 is 11.6 Å². The molecule has 24 heavy (non-hydrogen) atoms. The van der Waals surface area contributed by atoms with E-state index in [2.05, 4.69) is 17.6 Å². The first-order chi connectivity index (χ1) is 11.2. The fraction of sp³-hybridized carbons (Fsp3) is 0.556. The molecular weight excluding hydrogens is 328 g/mol. The molecule has 0 spiro atoms. The van der Waals surface area contributed by atoms with Crippen molar-refractivity contribution in [3.63, 3.8) is 0 Å². The van der Waals surface area contributed by atoms with Gasteiger partial charge in [0.25, 0.3) is 0 Å². The van der Waals surface area contributed by atoms with Gasteiger partial charge in [-0.25, -0.2) is 0 Å². The summed E-state index contributed by atoms with van der Waals surface area (Å²) in [6, 6.07) is 3.37. The van der Waals surface area contributed by atoms with Crippen LogP contribution in [0.1, 0.15) is 45.6 Å². The molecule has 134 valence electrons. The third-order valence-electron chi connectivity index (χ3n) is 3.93. The lowest BCUT2D eigenvalue weighted by Crippen LogP contribution is -2.45. The molecule has 0 aromatic heterocycles. The van der Waals surface area contributed by atoms with Gasteiger partial charge in [-0.1, -0.05) is 31.4 Å². The van der Waals surface area contributed by atoms with Gasteiger partial charge in [0.2, 0.25) is 11.8 Å². The van der Waals surface area contributed by atoms with Crippen molar-refractivity contribution in [1.29, 1.82) is 0 Å². The summed E-state index contributed by atoms with van der Waals surface area (Å²) in [7, 11) is 1.50. The lowest BCUT2D eigenvalue weighted by Gasteiger charge is -2.23. The summed E-state index contributed by atoms with van der Waals surface area (Å²) in [6.45, 7) is 7.72. The number of hydrogen-bond donors (Lipinski definition) is 2. The van der Waals surface area contributed by atoms with E-state index in [9.17, 15) is 9.59 Å². The molecule has 0 radical (unpaired) electrons. The van der Waals surface area contributed by atoms with E-state index in [0.717, 1.165) is 24.8 Å². The SMILES string of the molecule is CCCCCNC(=O)C(C)(C)C(=O)Nc1cc(C)c(Cl)cc1OC. The monoisotopic (exact) mass is 354 g/mol. The van der Waals surface area contributed by atoms with Gasteiger partial charge in [0.15, 0.2) is 0 Å². The Bertz CT molecular complexity index is 600. The zero-order chi connectivity index (χ0) is 18.3. The molecule has 1 rings (SSSR count). The lowest BCUT2D eigenvalue weighted by atomic mass is 9.90. The second-order valence-electron chi connectivity index (χ2n) is 6.34. The second kappa shape index (κ2) is 8.92. The average Bonchev–Trinajstić information content (AvgIpc) is 2.54. The van der Waals surface area contributed by atoms with Crippen LogP contribution in [0.15, 0.2) is 12.1 Å². The minimum Gasteiger partial charge on any atom is -0.495 e. The standard InChI is InChI=1S/C18H27ClN2O3/c1-6-7-8-9-20-16(22)18(3,4)17(23)21-14-10-12(2)13(19)11-15(14)24-5/h10-11H,6-9H2,1-5H3,(H,20,22)(H,21,23). The summed E-state index contributed by atoms with van der Waals surface area (Å²) < 4.78 is 5.25. The number of nitrogens with one attached hydrogen (secondary N) is 2. The van der Waals surface area contributed by atoms with Crippen molar-refractivity contribution < 1.29 is 14.3 Å². The second-order valence-corrected chi connectivity index (χ2v) is 6.75. The van der Waals surface area contributed by atoms with Gasteiger partial charge in [0.05, 0.1) is 12.8 Å². The van der Waals surface area contributed by atoms with Gasteiger partial charge in [-0.15, -0.1) is 0 Å². The van der Waals surface area contributed by atoms with Crippen LogP contribution in [0.4, 0.5) is 5.69 Å². The number of halogens is 1. The van der Waals surface area contributed by atoms with Crippen molar-refractivity contribution >= 4 is 29.1 Å². The van der Waals surface area contributed by atoms with E-state index < -0.39 is 11.3 Å². The Morgan fingerprint density at radius 1 is 1.21 bits per heavy atom. The maximum absolute atomic E-state index is 12.6. The maximum atomic E-state index is 12.6. The molecule has 0 atom stereocenters. The predicted molar refractivity (Wildman–Crippen MR) is 97.7 cm³/mol. The Hall–Kier alpha value is -1.75. The van der Waals surface area contributed by atoms with Gasteiger partial charge in [0.1, 0.15) is 11.2 Å². The normalized spacial score (nSPS) is 11.1. The molecule has 2 amide bonds. The number of unbranched alkanes of at least 4 members (excludes halogenated alkanes) is 2. The summed E-state index contributed by atoms with van der Waals surface area (Å²) in [4.78, 5) is 24.9. The number of benzene rings is 1. The average molecular weight is 355 g/mol. The van der Waals surface area contributed by atoms with E-state index in [4.69, 9.17) is 16.3 Å². The molecule has 6 heteroatoms. The Morgan fingerprint density at radius 2 is 1.88 bits per heavy atom. The molecule has 0 saturated heterocycles. The van der Waals surface area contributed by atoms with Gasteiger partial charge < -0.3 is 15.4 Å². The summed E-state index contributed by atoms with van der Waals surface area (Å²) in [5, 5.41) is 6.14. The lowest BCUT2D eigenvalue weighted by molar-refractivity contribution is -0.138. The van der Waals surface area contributed by atoms with Crippen molar-refractivity contribution in [2.24, 2.45) is 5.41 Å². The van der Waals surface area contributed by atoms with Crippen molar-refractivity contribution in [3.8, 4) is 5.75 Å². The molecule has 0 aliphatic heterocycles. The maximum Gasteiger partial charge on any atom is 0.239 e. The highest BCUT2D eigenvalue weighted by Crippen LogP contribution is 2.32. The quantitative estimate of drug-likeness (QED) is 0.549. The van der Waals surface area contributed by atoms with Crippen molar-refractivity contribution in [2.45, 2.75) is 47.0 Å². The third-order valence-corrected chi connectivity index (χ3v) is 4.34. The van der Waals surface area contributed by atoms with E-state index in [1.807, 2.05) is 6.92 Å². The molecular formula is C18H27ClN2O3. The number of aryl methyl sites for hydroxylation is 1. The van der Waals surface area contributed by atoms with Gasteiger partial charge in [-0.05, 0) is 38.8 Å². The van der Waals surface area contributed by atoms with Gasteiger partial charge in [0, 0.05) is 17.6 Å². The van der Waals surface area contributed by atoms with Gasteiger partial charge >= 0.3 is 0 Å². The highest BCUT2D eigenvalue weighted by atomic mass is 35.5. The molecule has 0 aliphatic rings. The summed E-state index contributed by atoms with van der Waals surface area (Å²) in [5.41, 5.74) is 0.121. The third kappa shape index (κ3) is 5.13. The number of hydrogen-bond acceptors (Lipinski definition) is 3. The Balaban J connectivity index is 2.82. The minimum absolute atomic E-state index is 0.291. The highest BCUT2D eigenvalue weighted by Gasteiger charge is 2.36. The molecule has 1 aromatic carbocycles. The Morgan fingerprint density at radius 3 is 2.46 bits per heavy atom. The zero-order valence-corrected chi connectivity index (χ0v) is 15.8. The zero-order valence-electron chi connectivity index (χ0n) is 15.1. The molecule has 0 saturated carbocycles. The molecule has 0 unspecified atom stereocenters. The number of rotatable bonds is 8. The predicted octanol–water partition coefficient (Wildman–Crippen LogP) is 3.93. The number of ether oxygens (including phenoxy) is 1. The van der Waals surface area contributed by atoms with E-state index in [0.29, 0.717) is 23.0 Å². The fourth-order valence-electron chi connectivity index (χ4n) is 2.11. The van der Waals surface area contributed by atoms with Crippen LogP contribution in [-0.2, 0) is 9.59 Å². The van der Waals surface area contributed by atoms with Crippen LogP contribution in [0.3, 0.4) is 0 Å². The molecule has 0 heterocycles. The van der Waals surface area contributed by atoms with Crippen LogP contribution in [0.5, 0.6) is 5.75 Å². The number of carbonyl (C=O) groups is 2. The first kappa shape index (κ1) is 20.3. The largest absolute Gasteiger partial charge is 0.495 e. The smallest absolute Gasteiger partial charge is 0.239 e. The summed E-state index contributed by atoms with van der Waals surface area (Å²) >= 11 is 6.07. The number of anilines is 1. The van der Waals surface area contributed by atoms with Crippen molar-refractivity contribution in [3.05, 3.63) is 22.7 Å². The van der Waals surface area contributed by atoms with Gasteiger partial charge in [-0.2, -0.15) is 0 Å². The number of amides is 2. The topological polar surface area (TPSA) is 67.4 Å². The molecule has 5 nitrogen and oxygen atoms in total. The van der Waals surface area contributed by atoms with Crippen molar-refractivity contribution in [2.75, 3.05) is 19.0 Å². The van der Waals surface area contributed by atoms with Crippen LogP contribution in [0.2, 0.25) is 5.02 Å². The molecule has 1 aromatic rings. The number of carbonyl (C=O) groups excluding carboxylic acids is 2. The summed E-state index contributed by atoms with van der Waals surface area (Å²) in [6.07, 6.45) is 3.04. The summed E-state index contributed by atoms with van der Waals surface area (Å²) in [5.74, 6) is -0.227. The molecule has 0 aliphatic carbocycles. The van der Waals surface area contributed by atoms with Gasteiger partial charge in [-0.3, -0.25) is 9.59 Å². The Labute approximate surface area is 149 Å². The highest BCUT2D eigenvalue weighted by molar-refractivity contribution is 6.31. The molecule has 0 fully saturated rings. The van der Waals surface area contributed by atoms with E-state index in [1.54, 1.807) is 26.0 Å².